The van der Waals surface area contributed by atoms with Crippen molar-refractivity contribution in [3.8, 4) is 5.75 Å². The Bertz CT molecular complexity index is 654. The van der Waals surface area contributed by atoms with Gasteiger partial charge in [-0.15, -0.1) is 0 Å². The summed E-state index contributed by atoms with van der Waals surface area (Å²) in [6.45, 7) is 0.156. The summed E-state index contributed by atoms with van der Waals surface area (Å²) in [5.41, 5.74) is -0.271. The second kappa shape index (κ2) is 6.17. The normalized spacial score (nSPS) is 10.2. The molecule has 110 valence electrons. The average Bonchev–Trinajstić information content (AvgIpc) is 2.46. The predicted octanol–water partition coefficient (Wildman–Crippen LogP) is 3.49. The first-order valence-electron chi connectivity index (χ1n) is 6.01. The molecule has 2 rings (SSSR count). The molecule has 2 aromatic carbocycles. The Balaban J connectivity index is 2.18. The average molecular weight is 294 g/mol. The van der Waals surface area contributed by atoms with E-state index in [1.807, 2.05) is 0 Å². The smallest absolute Gasteiger partial charge is 0.275 e. The molecule has 0 saturated heterocycles. The first kappa shape index (κ1) is 14.7. The molecule has 0 aromatic heterocycles. The Kier molecular flexibility index (Phi) is 4.32. The van der Waals surface area contributed by atoms with Crippen molar-refractivity contribution in [3.63, 3.8) is 0 Å². The molecule has 0 spiro atoms. The van der Waals surface area contributed by atoms with Gasteiger partial charge in [-0.25, -0.2) is 8.78 Å². The number of nitro groups is 1. The minimum Gasteiger partial charge on any atom is -0.497 e. The van der Waals surface area contributed by atoms with Gasteiger partial charge in [0, 0.05) is 6.54 Å². The summed E-state index contributed by atoms with van der Waals surface area (Å²) in [4.78, 5) is 9.66. The number of rotatable bonds is 5. The van der Waals surface area contributed by atoms with Crippen LogP contribution in [0.1, 0.15) is 5.56 Å². The molecule has 0 aliphatic heterocycles. The van der Waals surface area contributed by atoms with Gasteiger partial charge < -0.3 is 10.1 Å². The van der Waals surface area contributed by atoms with E-state index in [-0.39, 0.29) is 6.54 Å². The molecule has 0 amide bonds. The van der Waals surface area contributed by atoms with E-state index in [4.69, 9.17) is 4.74 Å². The van der Waals surface area contributed by atoms with Gasteiger partial charge in [-0.3, -0.25) is 10.1 Å². The number of non-ortho nitro benzene ring substituents is 1. The summed E-state index contributed by atoms with van der Waals surface area (Å²) in [5.74, 6) is -1.40. The number of ether oxygens (including phenoxy) is 1. The van der Waals surface area contributed by atoms with Gasteiger partial charge in [0.05, 0.1) is 24.2 Å². The van der Waals surface area contributed by atoms with Crippen LogP contribution in [0.3, 0.4) is 0 Å². The predicted molar refractivity (Wildman–Crippen MR) is 73.3 cm³/mol. The fourth-order valence-corrected chi connectivity index (χ4v) is 1.81. The lowest BCUT2D eigenvalue weighted by molar-refractivity contribution is -0.385. The van der Waals surface area contributed by atoms with E-state index in [0.29, 0.717) is 17.9 Å². The van der Waals surface area contributed by atoms with Crippen molar-refractivity contribution in [2.75, 3.05) is 12.4 Å². The topological polar surface area (TPSA) is 64.4 Å². The van der Waals surface area contributed by atoms with Gasteiger partial charge in [0.15, 0.2) is 11.6 Å². The number of anilines is 1. The molecular formula is C14H12F2N2O3. The summed E-state index contributed by atoms with van der Waals surface area (Å²) in [7, 11) is 1.52. The highest BCUT2D eigenvalue weighted by Crippen LogP contribution is 2.25. The third kappa shape index (κ3) is 3.44. The molecule has 1 N–H and O–H groups in total. The van der Waals surface area contributed by atoms with Crippen LogP contribution >= 0.6 is 0 Å². The lowest BCUT2D eigenvalue weighted by Gasteiger charge is -2.09. The first-order chi connectivity index (χ1) is 10.0. The number of halogens is 2. The van der Waals surface area contributed by atoms with Crippen molar-refractivity contribution in [2.45, 2.75) is 6.54 Å². The summed E-state index contributed by atoms with van der Waals surface area (Å²) in [6, 6.07) is 8.33. The molecule has 0 saturated carbocycles. The van der Waals surface area contributed by atoms with E-state index < -0.39 is 27.9 Å². The van der Waals surface area contributed by atoms with Crippen LogP contribution in [0.5, 0.6) is 5.75 Å². The van der Waals surface area contributed by atoms with Gasteiger partial charge in [0.2, 0.25) is 0 Å². The Labute approximate surface area is 119 Å². The molecular weight excluding hydrogens is 282 g/mol. The molecule has 0 aliphatic carbocycles. The van der Waals surface area contributed by atoms with Crippen molar-refractivity contribution in [2.24, 2.45) is 0 Å². The van der Waals surface area contributed by atoms with E-state index in [1.165, 1.54) is 7.11 Å². The Morgan fingerprint density at radius 3 is 2.48 bits per heavy atom. The van der Waals surface area contributed by atoms with Gasteiger partial charge in [0.25, 0.3) is 5.69 Å². The molecule has 0 radical (unpaired) electrons. The van der Waals surface area contributed by atoms with Gasteiger partial charge in [-0.1, -0.05) is 12.1 Å². The van der Waals surface area contributed by atoms with Crippen LogP contribution in [-0.4, -0.2) is 12.0 Å². The lowest BCUT2D eigenvalue weighted by atomic mass is 10.2. The summed E-state index contributed by atoms with van der Waals surface area (Å²) in [5, 5.41) is 13.1. The van der Waals surface area contributed by atoms with E-state index in [9.17, 15) is 18.9 Å². The molecule has 0 atom stereocenters. The zero-order chi connectivity index (χ0) is 15.4. The minimum absolute atomic E-state index is 0.156. The van der Waals surface area contributed by atoms with Crippen LogP contribution in [0.2, 0.25) is 0 Å². The molecule has 5 nitrogen and oxygen atoms in total. The van der Waals surface area contributed by atoms with Crippen molar-refractivity contribution < 1.29 is 18.4 Å². The third-order valence-corrected chi connectivity index (χ3v) is 2.84. The molecule has 2 aromatic rings. The standard InChI is InChI=1S/C14H12F2N2O3/c1-21-11-4-2-3-9(5-11)8-17-14-12(15)6-10(18(19)20)7-13(14)16/h2-7,17H,8H2,1H3. The summed E-state index contributed by atoms with van der Waals surface area (Å²) < 4.78 is 32.4. The van der Waals surface area contributed by atoms with Crippen molar-refractivity contribution >= 4 is 11.4 Å². The summed E-state index contributed by atoms with van der Waals surface area (Å²) >= 11 is 0. The fourth-order valence-electron chi connectivity index (χ4n) is 1.81. The highest BCUT2D eigenvalue weighted by molar-refractivity contribution is 5.52. The minimum atomic E-state index is -1.01. The number of benzene rings is 2. The maximum atomic E-state index is 13.7. The van der Waals surface area contributed by atoms with Crippen molar-refractivity contribution in [1.29, 1.82) is 0 Å². The zero-order valence-corrected chi connectivity index (χ0v) is 11.1. The van der Waals surface area contributed by atoms with Crippen LogP contribution in [0.25, 0.3) is 0 Å². The van der Waals surface area contributed by atoms with Crippen LogP contribution < -0.4 is 10.1 Å². The maximum Gasteiger partial charge on any atom is 0.275 e. The molecule has 0 aliphatic rings. The van der Waals surface area contributed by atoms with Crippen LogP contribution in [0.4, 0.5) is 20.2 Å². The highest BCUT2D eigenvalue weighted by Gasteiger charge is 2.16. The van der Waals surface area contributed by atoms with E-state index >= 15 is 0 Å². The monoisotopic (exact) mass is 294 g/mol. The van der Waals surface area contributed by atoms with E-state index in [2.05, 4.69) is 5.32 Å². The third-order valence-electron chi connectivity index (χ3n) is 2.84. The second-order valence-corrected chi connectivity index (χ2v) is 4.25. The lowest BCUT2D eigenvalue weighted by Crippen LogP contribution is -2.05. The van der Waals surface area contributed by atoms with Crippen LogP contribution in [-0.2, 0) is 6.54 Å². The van der Waals surface area contributed by atoms with Crippen molar-refractivity contribution in [3.05, 3.63) is 63.7 Å². The highest BCUT2D eigenvalue weighted by atomic mass is 19.1. The number of nitrogens with one attached hydrogen (secondary N) is 1. The van der Waals surface area contributed by atoms with Gasteiger partial charge in [0.1, 0.15) is 11.4 Å². The maximum absolute atomic E-state index is 13.7. The number of nitro benzene ring substituents is 1. The fraction of sp³-hybridized carbons (Fsp3) is 0.143. The second-order valence-electron chi connectivity index (χ2n) is 4.25. The van der Waals surface area contributed by atoms with Gasteiger partial charge in [-0.05, 0) is 17.7 Å². The Morgan fingerprint density at radius 2 is 1.90 bits per heavy atom. The Morgan fingerprint density at radius 1 is 1.24 bits per heavy atom. The SMILES string of the molecule is COc1cccc(CNc2c(F)cc([N+](=O)[O-])cc2F)c1. The molecule has 0 fully saturated rings. The van der Waals surface area contributed by atoms with Crippen LogP contribution in [0, 0.1) is 21.7 Å². The molecule has 21 heavy (non-hydrogen) atoms. The molecule has 0 heterocycles. The van der Waals surface area contributed by atoms with Gasteiger partial charge >= 0.3 is 0 Å². The number of nitrogens with zero attached hydrogens (tertiary/aromatic N) is 1. The zero-order valence-electron chi connectivity index (χ0n) is 11.1. The first-order valence-corrected chi connectivity index (χ1v) is 6.01. The largest absolute Gasteiger partial charge is 0.497 e. The van der Waals surface area contributed by atoms with E-state index in [1.54, 1.807) is 24.3 Å². The van der Waals surface area contributed by atoms with Crippen molar-refractivity contribution in [1.82, 2.24) is 0 Å². The van der Waals surface area contributed by atoms with Crippen LogP contribution in [0.15, 0.2) is 36.4 Å². The molecule has 7 heteroatoms. The Hall–Kier alpha value is -2.70. The number of hydrogen-bond acceptors (Lipinski definition) is 4. The quantitative estimate of drug-likeness (QED) is 0.677. The van der Waals surface area contributed by atoms with Gasteiger partial charge in [-0.2, -0.15) is 0 Å². The summed E-state index contributed by atoms with van der Waals surface area (Å²) in [6.07, 6.45) is 0. The number of methoxy groups -OCH3 is 1. The number of hydrogen-bond donors (Lipinski definition) is 1. The molecule has 0 unspecified atom stereocenters. The molecule has 0 bridgehead atoms. The van der Waals surface area contributed by atoms with E-state index in [0.717, 1.165) is 5.56 Å².